The molecule has 1 aromatic rings. The molecule has 2 heterocycles. The Kier molecular flexibility index (Phi) is 2.46. The predicted molar refractivity (Wildman–Crippen MR) is 61.3 cm³/mol. The Hall–Kier alpha value is -0.900. The van der Waals surface area contributed by atoms with Gasteiger partial charge in [0.1, 0.15) is 0 Å². The van der Waals surface area contributed by atoms with E-state index in [1.165, 1.54) is 11.1 Å². The van der Waals surface area contributed by atoms with E-state index >= 15 is 0 Å². The van der Waals surface area contributed by atoms with Crippen molar-refractivity contribution in [3.05, 3.63) is 35.4 Å². The van der Waals surface area contributed by atoms with Crippen LogP contribution in [0.15, 0.2) is 24.3 Å². The summed E-state index contributed by atoms with van der Waals surface area (Å²) in [7, 11) is 0. The Balaban J connectivity index is 1.81. The van der Waals surface area contributed by atoms with Gasteiger partial charge in [-0.1, -0.05) is 24.3 Å². The van der Waals surface area contributed by atoms with E-state index in [0.717, 1.165) is 13.0 Å². The minimum Gasteiger partial charge on any atom is -0.387 e. The lowest BCUT2D eigenvalue weighted by Gasteiger charge is -2.41. The van der Waals surface area contributed by atoms with Crippen LogP contribution in [0.4, 0.5) is 0 Å². The summed E-state index contributed by atoms with van der Waals surface area (Å²) in [6.45, 7) is 2.15. The quantitative estimate of drug-likeness (QED) is 0.780. The van der Waals surface area contributed by atoms with Crippen molar-refractivity contribution in [2.24, 2.45) is 0 Å². The van der Waals surface area contributed by atoms with Crippen LogP contribution in [-0.4, -0.2) is 30.4 Å². The highest BCUT2D eigenvalue weighted by Crippen LogP contribution is 2.34. The molecule has 1 fully saturated rings. The Morgan fingerprint density at radius 2 is 2.19 bits per heavy atom. The minimum absolute atomic E-state index is 0.0667. The summed E-state index contributed by atoms with van der Waals surface area (Å²) in [5, 5.41) is 13.3. The summed E-state index contributed by atoms with van der Waals surface area (Å²) < 4.78 is 5.79. The summed E-state index contributed by atoms with van der Waals surface area (Å²) in [5.41, 5.74) is 2.07. The third-order valence-electron chi connectivity index (χ3n) is 3.57. The lowest BCUT2D eigenvalue weighted by Crippen LogP contribution is -2.60. The van der Waals surface area contributed by atoms with E-state index in [4.69, 9.17) is 4.74 Å². The standard InChI is InChI=1S/C13H17NO2/c15-13(8-14-9-13)7-12-11-4-2-1-3-10(11)5-6-16-12/h1-4,12,14-15H,5-9H2. The van der Waals surface area contributed by atoms with Crippen molar-refractivity contribution in [2.45, 2.75) is 24.5 Å². The lowest BCUT2D eigenvalue weighted by atomic mass is 9.85. The van der Waals surface area contributed by atoms with Crippen molar-refractivity contribution in [1.82, 2.24) is 5.32 Å². The second kappa shape index (κ2) is 3.84. The van der Waals surface area contributed by atoms with Crippen LogP contribution in [0.1, 0.15) is 23.7 Å². The van der Waals surface area contributed by atoms with Gasteiger partial charge in [-0.05, 0) is 17.5 Å². The molecule has 2 N–H and O–H groups in total. The van der Waals surface area contributed by atoms with Gasteiger partial charge in [0, 0.05) is 19.5 Å². The largest absolute Gasteiger partial charge is 0.387 e. The molecule has 3 rings (SSSR count). The zero-order valence-electron chi connectivity index (χ0n) is 9.28. The van der Waals surface area contributed by atoms with E-state index in [9.17, 15) is 5.11 Å². The smallest absolute Gasteiger partial charge is 0.0923 e. The Labute approximate surface area is 95.4 Å². The molecule has 0 aromatic heterocycles. The van der Waals surface area contributed by atoms with Crippen molar-refractivity contribution in [3.8, 4) is 0 Å². The average Bonchev–Trinajstić information content (AvgIpc) is 2.27. The van der Waals surface area contributed by atoms with Gasteiger partial charge in [-0.15, -0.1) is 0 Å². The third-order valence-corrected chi connectivity index (χ3v) is 3.57. The van der Waals surface area contributed by atoms with E-state index in [-0.39, 0.29) is 6.10 Å². The maximum absolute atomic E-state index is 10.1. The minimum atomic E-state index is -0.560. The number of rotatable bonds is 2. The van der Waals surface area contributed by atoms with Crippen LogP contribution >= 0.6 is 0 Å². The molecule has 16 heavy (non-hydrogen) atoms. The first-order valence-corrected chi connectivity index (χ1v) is 5.89. The zero-order chi connectivity index (χ0) is 11.0. The summed E-state index contributed by atoms with van der Waals surface area (Å²) >= 11 is 0. The van der Waals surface area contributed by atoms with E-state index in [0.29, 0.717) is 19.5 Å². The maximum Gasteiger partial charge on any atom is 0.0923 e. The Bertz CT molecular complexity index is 387. The highest BCUT2D eigenvalue weighted by molar-refractivity contribution is 5.31. The first-order chi connectivity index (χ1) is 7.77. The Morgan fingerprint density at radius 1 is 1.38 bits per heavy atom. The van der Waals surface area contributed by atoms with E-state index in [1.54, 1.807) is 0 Å². The number of ether oxygens (including phenoxy) is 1. The van der Waals surface area contributed by atoms with Gasteiger partial charge in [0.15, 0.2) is 0 Å². The molecule has 2 aliphatic heterocycles. The SMILES string of the molecule is OC1(CC2OCCc3ccccc32)CNC1. The molecule has 0 spiro atoms. The van der Waals surface area contributed by atoms with Crippen LogP contribution in [-0.2, 0) is 11.2 Å². The molecule has 0 amide bonds. The molecular formula is C13H17NO2. The molecule has 0 radical (unpaired) electrons. The molecule has 0 saturated carbocycles. The number of aliphatic hydroxyl groups is 1. The molecule has 1 unspecified atom stereocenters. The van der Waals surface area contributed by atoms with Crippen LogP contribution in [0.5, 0.6) is 0 Å². The number of benzene rings is 1. The number of β-amino-alcohol motifs (C(OH)–C–C–N with tert-alkyl or cyclic N) is 1. The molecule has 0 aliphatic carbocycles. The third kappa shape index (κ3) is 1.75. The van der Waals surface area contributed by atoms with Gasteiger partial charge in [-0.2, -0.15) is 0 Å². The zero-order valence-corrected chi connectivity index (χ0v) is 9.28. The van der Waals surface area contributed by atoms with E-state index in [1.807, 2.05) is 6.07 Å². The van der Waals surface area contributed by atoms with Crippen molar-refractivity contribution in [1.29, 1.82) is 0 Å². The van der Waals surface area contributed by atoms with Gasteiger partial charge in [0.25, 0.3) is 0 Å². The molecule has 1 atom stereocenters. The van der Waals surface area contributed by atoms with Crippen LogP contribution in [0.3, 0.4) is 0 Å². The van der Waals surface area contributed by atoms with E-state index in [2.05, 4.69) is 23.5 Å². The average molecular weight is 219 g/mol. The molecule has 0 bridgehead atoms. The predicted octanol–water partition coefficient (Wildman–Crippen LogP) is 1.02. The molecule has 1 saturated heterocycles. The molecule has 3 nitrogen and oxygen atoms in total. The number of nitrogens with one attached hydrogen (secondary N) is 1. The number of hydrogen-bond acceptors (Lipinski definition) is 3. The highest BCUT2D eigenvalue weighted by Gasteiger charge is 2.38. The number of fused-ring (bicyclic) bond motifs is 1. The fraction of sp³-hybridized carbons (Fsp3) is 0.538. The summed E-state index contributed by atoms with van der Waals surface area (Å²) in [6, 6.07) is 8.40. The van der Waals surface area contributed by atoms with Gasteiger partial charge in [0.05, 0.1) is 18.3 Å². The van der Waals surface area contributed by atoms with Gasteiger partial charge >= 0.3 is 0 Å². The van der Waals surface area contributed by atoms with Crippen molar-refractivity contribution >= 4 is 0 Å². The lowest BCUT2D eigenvalue weighted by molar-refractivity contribution is -0.0724. The fourth-order valence-electron chi connectivity index (χ4n) is 2.55. The van der Waals surface area contributed by atoms with Gasteiger partial charge < -0.3 is 15.2 Å². The van der Waals surface area contributed by atoms with Crippen LogP contribution in [0.25, 0.3) is 0 Å². The highest BCUT2D eigenvalue weighted by atomic mass is 16.5. The van der Waals surface area contributed by atoms with Crippen molar-refractivity contribution in [2.75, 3.05) is 19.7 Å². The number of hydrogen-bond donors (Lipinski definition) is 2. The first-order valence-electron chi connectivity index (χ1n) is 5.89. The van der Waals surface area contributed by atoms with Crippen molar-refractivity contribution < 1.29 is 9.84 Å². The summed E-state index contributed by atoms with van der Waals surface area (Å²) in [5.74, 6) is 0. The molecule has 86 valence electrons. The van der Waals surface area contributed by atoms with Crippen molar-refractivity contribution in [3.63, 3.8) is 0 Å². The van der Waals surface area contributed by atoms with Gasteiger partial charge in [0.2, 0.25) is 0 Å². The van der Waals surface area contributed by atoms with Gasteiger partial charge in [-0.3, -0.25) is 0 Å². The summed E-state index contributed by atoms with van der Waals surface area (Å²) in [4.78, 5) is 0. The van der Waals surface area contributed by atoms with Crippen LogP contribution in [0.2, 0.25) is 0 Å². The Morgan fingerprint density at radius 3 is 2.94 bits per heavy atom. The molecule has 3 heteroatoms. The second-order valence-corrected chi connectivity index (χ2v) is 4.84. The van der Waals surface area contributed by atoms with Crippen LogP contribution in [0, 0.1) is 0 Å². The topological polar surface area (TPSA) is 41.5 Å². The molecule has 2 aliphatic rings. The maximum atomic E-state index is 10.1. The second-order valence-electron chi connectivity index (χ2n) is 4.84. The molecular weight excluding hydrogens is 202 g/mol. The normalized spacial score (nSPS) is 26.9. The first kappa shape index (κ1) is 10.3. The van der Waals surface area contributed by atoms with E-state index < -0.39 is 5.60 Å². The molecule has 1 aromatic carbocycles. The fourth-order valence-corrected chi connectivity index (χ4v) is 2.55. The van der Waals surface area contributed by atoms with Gasteiger partial charge in [-0.25, -0.2) is 0 Å². The van der Waals surface area contributed by atoms with Crippen LogP contribution < -0.4 is 5.32 Å². The summed E-state index contributed by atoms with van der Waals surface area (Å²) in [6.07, 6.45) is 1.76. The monoisotopic (exact) mass is 219 g/mol.